The predicted molar refractivity (Wildman–Crippen MR) is 151 cm³/mol. The van der Waals surface area contributed by atoms with Gasteiger partial charge >= 0.3 is 11.4 Å². The van der Waals surface area contributed by atoms with Crippen LogP contribution in [-0.4, -0.2) is 116 Å². The summed E-state index contributed by atoms with van der Waals surface area (Å²) in [6.45, 7) is 1.94. The number of ether oxygens (including phenoxy) is 2. The smallest absolute Gasteiger partial charge is 0.325 e. The lowest BCUT2D eigenvalue weighted by atomic mass is 9.99. The van der Waals surface area contributed by atoms with E-state index in [0.29, 0.717) is 39.5 Å². The Morgan fingerprint density at radius 3 is 1.32 bits per heavy atom. The minimum atomic E-state index is -3.06. The van der Waals surface area contributed by atoms with Crippen LogP contribution < -0.4 is 0 Å². The molecule has 0 amide bonds. The first-order chi connectivity index (χ1) is 19.8. The Labute approximate surface area is 260 Å². The number of hydrogen-bond donors (Lipinski definition) is 0. The van der Waals surface area contributed by atoms with E-state index in [1.807, 2.05) is 0 Å². The highest BCUT2D eigenvalue weighted by Gasteiger charge is 2.51. The first-order valence-electron chi connectivity index (χ1n) is 12.9. The second kappa shape index (κ2) is 13.8. The van der Waals surface area contributed by atoms with Crippen molar-refractivity contribution in [3.8, 4) is 0 Å². The molecule has 2 aromatic heterocycles. The third kappa shape index (κ3) is 6.94. The van der Waals surface area contributed by atoms with E-state index in [1.165, 1.54) is 0 Å². The van der Waals surface area contributed by atoms with Crippen LogP contribution in [0.2, 0.25) is 10.3 Å². The van der Waals surface area contributed by atoms with Gasteiger partial charge in [0.1, 0.15) is 24.5 Å². The number of rotatable bonds is 6. The van der Waals surface area contributed by atoms with E-state index in [1.54, 1.807) is 9.80 Å². The summed E-state index contributed by atoms with van der Waals surface area (Å²) in [5.74, 6) is -6.12. The van der Waals surface area contributed by atoms with Crippen molar-refractivity contribution >= 4 is 34.6 Å². The molecule has 4 aliphatic rings. The molecule has 0 saturated carbocycles. The SMILES string of the molecule is C.C.O=[N+]([O-])c1cnn(C2CCN(C3COC3)CC2(F)F)c1Cl.O=[N+]([O-])c1cnn(C2CCN(C3COC3)CC2(F)F)c1Cl. The van der Waals surface area contributed by atoms with Crippen LogP contribution in [0, 0.1) is 20.2 Å². The summed E-state index contributed by atoms with van der Waals surface area (Å²) in [6.07, 6.45) is 2.07. The molecule has 2 unspecified atom stereocenters. The van der Waals surface area contributed by atoms with Gasteiger partial charge in [0.05, 0.1) is 61.4 Å². The molecule has 44 heavy (non-hydrogen) atoms. The average molecular weight is 677 g/mol. The van der Waals surface area contributed by atoms with E-state index in [0.717, 1.165) is 21.8 Å². The van der Waals surface area contributed by atoms with Crippen molar-refractivity contribution in [2.45, 2.75) is 63.7 Å². The zero-order valence-electron chi connectivity index (χ0n) is 21.8. The lowest BCUT2D eigenvalue weighted by molar-refractivity contribution is -0.385. The number of likely N-dealkylation sites (tertiary alicyclic amines) is 2. The van der Waals surface area contributed by atoms with Gasteiger partial charge in [-0.1, -0.05) is 38.1 Å². The highest BCUT2D eigenvalue weighted by atomic mass is 35.5. The highest BCUT2D eigenvalue weighted by Crippen LogP contribution is 2.42. The van der Waals surface area contributed by atoms with Crippen LogP contribution >= 0.6 is 23.2 Å². The van der Waals surface area contributed by atoms with Crippen molar-refractivity contribution in [2.75, 3.05) is 52.6 Å². The molecule has 0 aromatic carbocycles. The Bertz CT molecular complexity index is 1230. The second-order valence-electron chi connectivity index (χ2n) is 10.5. The molecule has 0 radical (unpaired) electrons. The van der Waals surface area contributed by atoms with Gasteiger partial charge in [-0.15, -0.1) is 0 Å². The topological polar surface area (TPSA) is 147 Å². The number of halogens is 6. The number of aromatic nitrogens is 4. The summed E-state index contributed by atoms with van der Waals surface area (Å²) in [5, 5.41) is 28.1. The first-order valence-corrected chi connectivity index (χ1v) is 13.7. The zero-order valence-corrected chi connectivity index (χ0v) is 23.3. The normalized spacial score (nSPS) is 25.3. The third-order valence-corrected chi connectivity index (χ3v) is 8.61. The van der Waals surface area contributed by atoms with E-state index in [4.69, 9.17) is 32.7 Å². The highest BCUT2D eigenvalue weighted by molar-refractivity contribution is 6.31. The van der Waals surface area contributed by atoms with Crippen LogP contribution in [0.25, 0.3) is 0 Å². The number of hydrogen-bond acceptors (Lipinski definition) is 10. The molecule has 2 aromatic rings. The standard InChI is InChI=1S/2C11H13ClF2N4O3.2CH4/c2*12-10-8(18(19)20)3-15-17(10)9-1-2-16(6-11(9,13)14)7-4-21-5-7;;/h2*3,7,9H,1-2,4-6H2;2*1H4. The van der Waals surface area contributed by atoms with E-state index in [9.17, 15) is 37.8 Å². The maximum atomic E-state index is 14.3. The van der Waals surface area contributed by atoms with Gasteiger partial charge in [0.15, 0.2) is 0 Å². The van der Waals surface area contributed by atoms with E-state index < -0.39 is 58.2 Å². The molecule has 0 spiro atoms. The van der Waals surface area contributed by atoms with Crippen LogP contribution in [0.4, 0.5) is 28.9 Å². The Balaban J connectivity index is 0.000000230. The summed E-state index contributed by atoms with van der Waals surface area (Å²) in [5.41, 5.74) is -0.912. The average Bonchev–Trinajstić information content (AvgIpc) is 3.39. The molecule has 6 rings (SSSR count). The Kier molecular flexibility index (Phi) is 11.2. The molecule has 0 N–H and O–H groups in total. The van der Waals surface area contributed by atoms with E-state index in [-0.39, 0.29) is 50.1 Å². The monoisotopic (exact) mass is 676 g/mol. The van der Waals surface area contributed by atoms with Gasteiger partial charge in [-0.3, -0.25) is 30.0 Å². The molecule has 4 aliphatic heterocycles. The predicted octanol–water partition coefficient (Wildman–Crippen LogP) is 4.72. The van der Waals surface area contributed by atoms with Crippen LogP contribution in [0.3, 0.4) is 0 Å². The molecule has 14 nitrogen and oxygen atoms in total. The zero-order chi connectivity index (χ0) is 30.4. The van der Waals surface area contributed by atoms with Gasteiger partial charge in [-0.25, -0.2) is 26.9 Å². The van der Waals surface area contributed by atoms with Gasteiger partial charge < -0.3 is 9.47 Å². The molecule has 0 bridgehead atoms. The van der Waals surface area contributed by atoms with Gasteiger partial charge in [-0.2, -0.15) is 10.2 Å². The van der Waals surface area contributed by atoms with Crippen molar-refractivity contribution in [1.82, 2.24) is 29.4 Å². The van der Waals surface area contributed by atoms with Gasteiger partial charge in [0.25, 0.3) is 11.8 Å². The maximum Gasteiger partial charge on any atom is 0.325 e. The molecule has 4 fully saturated rings. The van der Waals surface area contributed by atoms with Crippen LogP contribution in [0.1, 0.15) is 39.8 Å². The van der Waals surface area contributed by atoms with E-state index >= 15 is 0 Å². The molecule has 248 valence electrons. The number of alkyl halides is 4. The maximum absolute atomic E-state index is 14.3. The molecule has 20 heteroatoms. The Morgan fingerprint density at radius 2 is 1.09 bits per heavy atom. The largest absolute Gasteiger partial charge is 0.378 e. The molecule has 0 aliphatic carbocycles. The first kappa shape index (κ1) is 35.8. The van der Waals surface area contributed by atoms with Crippen LogP contribution in [0.5, 0.6) is 0 Å². The number of nitrogens with zero attached hydrogens (tertiary/aromatic N) is 8. The minimum absolute atomic E-state index is 0. The fourth-order valence-electron chi connectivity index (χ4n) is 5.36. The molecule has 2 atom stereocenters. The molecule has 4 saturated heterocycles. The number of piperidine rings is 2. The lowest BCUT2D eigenvalue weighted by Gasteiger charge is -2.44. The summed E-state index contributed by atoms with van der Waals surface area (Å²) in [6, 6.07) is -2.48. The quantitative estimate of drug-likeness (QED) is 0.239. The fraction of sp³-hybridized carbons (Fsp3) is 0.750. The second-order valence-corrected chi connectivity index (χ2v) is 11.2. The summed E-state index contributed by atoms with van der Waals surface area (Å²) >= 11 is 11.6. The molecular formula is C24H34Cl2F4N8O6. The van der Waals surface area contributed by atoms with Crippen molar-refractivity contribution < 1.29 is 36.9 Å². The molecule has 6 heterocycles. The third-order valence-electron chi connectivity index (χ3n) is 7.87. The summed E-state index contributed by atoms with van der Waals surface area (Å²) in [4.78, 5) is 23.4. The van der Waals surface area contributed by atoms with Crippen LogP contribution in [-0.2, 0) is 9.47 Å². The van der Waals surface area contributed by atoms with Crippen molar-refractivity contribution in [3.05, 3.63) is 42.9 Å². The summed E-state index contributed by atoms with van der Waals surface area (Å²) in [7, 11) is 0. The Morgan fingerprint density at radius 1 is 0.750 bits per heavy atom. The Hall–Kier alpha value is -2.64. The van der Waals surface area contributed by atoms with Gasteiger partial charge in [0, 0.05) is 13.1 Å². The van der Waals surface area contributed by atoms with Gasteiger partial charge in [0.2, 0.25) is 10.3 Å². The lowest BCUT2D eigenvalue weighted by Crippen LogP contribution is -2.58. The van der Waals surface area contributed by atoms with Gasteiger partial charge in [-0.05, 0) is 12.8 Å². The number of nitro groups is 2. The fourth-order valence-corrected chi connectivity index (χ4v) is 5.92. The summed E-state index contributed by atoms with van der Waals surface area (Å²) < 4.78 is 69.1. The van der Waals surface area contributed by atoms with Crippen molar-refractivity contribution in [2.24, 2.45) is 0 Å². The van der Waals surface area contributed by atoms with Crippen molar-refractivity contribution in [3.63, 3.8) is 0 Å². The van der Waals surface area contributed by atoms with Crippen LogP contribution in [0.15, 0.2) is 12.4 Å². The minimum Gasteiger partial charge on any atom is -0.378 e. The van der Waals surface area contributed by atoms with E-state index in [2.05, 4.69) is 10.2 Å². The molecular weight excluding hydrogens is 643 g/mol. The van der Waals surface area contributed by atoms with Crippen molar-refractivity contribution in [1.29, 1.82) is 0 Å².